The summed E-state index contributed by atoms with van der Waals surface area (Å²) in [5.74, 6) is 0.232. The van der Waals surface area contributed by atoms with E-state index in [2.05, 4.69) is 11.2 Å². The molecule has 3 rings (SSSR count). The van der Waals surface area contributed by atoms with Gasteiger partial charge in [-0.05, 0) is 49.8 Å². The van der Waals surface area contributed by atoms with E-state index in [0.29, 0.717) is 6.42 Å². The summed E-state index contributed by atoms with van der Waals surface area (Å²) < 4.78 is 1.86. The Morgan fingerprint density at radius 1 is 1.42 bits per heavy atom. The van der Waals surface area contributed by atoms with E-state index in [-0.39, 0.29) is 5.78 Å². The van der Waals surface area contributed by atoms with Crippen LogP contribution in [0.4, 0.5) is 0 Å². The summed E-state index contributed by atoms with van der Waals surface area (Å²) in [6.07, 6.45) is 9.07. The van der Waals surface area contributed by atoms with Gasteiger partial charge in [-0.25, -0.2) is 0 Å². The number of aromatic nitrogens is 2. The van der Waals surface area contributed by atoms with Gasteiger partial charge in [0, 0.05) is 24.0 Å². The molecule has 0 saturated heterocycles. The monoisotopic (exact) mass is 274 g/mol. The molecular weight excluding hydrogens is 256 g/mol. The minimum atomic E-state index is 0.232. The van der Waals surface area contributed by atoms with Crippen molar-refractivity contribution in [3.05, 3.63) is 39.3 Å². The van der Waals surface area contributed by atoms with Gasteiger partial charge < -0.3 is 0 Å². The van der Waals surface area contributed by atoms with Crippen molar-refractivity contribution < 1.29 is 4.79 Å². The summed E-state index contributed by atoms with van der Waals surface area (Å²) in [5.41, 5.74) is 2.42. The van der Waals surface area contributed by atoms with Gasteiger partial charge in [0.2, 0.25) is 0 Å². The number of hydrogen-bond acceptors (Lipinski definition) is 3. The summed E-state index contributed by atoms with van der Waals surface area (Å²) >= 11 is 1.70. The third-order valence-electron chi connectivity index (χ3n) is 3.65. The average Bonchev–Trinajstić information content (AvgIpc) is 3.04. The van der Waals surface area contributed by atoms with Crippen molar-refractivity contribution in [2.75, 3.05) is 0 Å². The molecule has 0 N–H and O–H groups in total. The molecule has 1 aliphatic carbocycles. The Labute approximate surface area is 117 Å². The predicted octanol–water partition coefficient (Wildman–Crippen LogP) is 3.27. The van der Waals surface area contributed by atoms with Gasteiger partial charge in [0.15, 0.2) is 5.78 Å². The van der Waals surface area contributed by atoms with Crippen LogP contribution in [0.1, 0.15) is 45.4 Å². The first-order valence-corrected chi connectivity index (χ1v) is 7.74. The number of hydrogen-bond donors (Lipinski definition) is 0. The Hall–Kier alpha value is -1.42. The van der Waals surface area contributed by atoms with Gasteiger partial charge in [-0.3, -0.25) is 9.48 Å². The van der Waals surface area contributed by atoms with Crippen molar-refractivity contribution in [1.82, 2.24) is 9.78 Å². The molecular formula is C15H18N2OS. The largest absolute Gasteiger partial charge is 0.293 e. The Morgan fingerprint density at radius 3 is 3.00 bits per heavy atom. The first-order chi connectivity index (χ1) is 9.26. The zero-order valence-electron chi connectivity index (χ0n) is 11.2. The molecule has 0 aliphatic heterocycles. The first-order valence-electron chi connectivity index (χ1n) is 6.92. The second kappa shape index (κ2) is 5.29. The highest BCUT2D eigenvalue weighted by Crippen LogP contribution is 2.30. The lowest BCUT2D eigenvalue weighted by Crippen LogP contribution is -2.00. The Kier molecular flexibility index (Phi) is 3.51. The van der Waals surface area contributed by atoms with Crippen molar-refractivity contribution in [2.24, 2.45) is 0 Å². The number of rotatable bonds is 4. The van der Waals surface area contributed by atoms with Crippen LogP contribution in [0.3, 0.4) is 0 Å². The summed E-state index contributed by atoms with van der Waals surface area (Å²) in [7, 11) is 0. The standard InChI is InChI=1S/C15H18N2OS/c1-2-17-10-11(9-16-17)7-13(18)15-8-12-5-3-4-6-14(12)19-15/h8-10H,2-7H2,1H3. The third-order valence-corrected chi connectivity index (χ3v) is 4.92. The quantitative estimate of drug-likeness (QED) is 0.802. The lowest BCUT2D eigenvalue weighted by molar-refractivity contribution is 0.0996. The lowest BCUT2D eigenvalue weighted by Gasteiger charge is -2.08. The van der Waals surface area contributed by atoms with E-state index < -0.39 is 0 Å². The number of thiophene rings is 1. The Balaban J connectivity index is 1.74. The van der Waals surface area contributed by atoms with Gasteiger partial charge in [-0.2, -0.15) is 5.10 Å². The zero-order valence-corrected chi connectivity index (χ0v) is 12.0. The molecule has 3 nitrogen and oxygen atoms in total. The summed E-state index contributed by atoms with van der Waals surface area (Å²) in [5, 5.41) is 4.21. The van der Waals surface area contributed by atoms with Crippen molar-refractivity contribution >= 4 is 17.1 Å². The third kappa shape index (κ3) is 2.63. The minimum absolute atomic E-state index is 0.232. The molecule has 1 aliphatic rings. The fraction of sp³-hybridized carbons (Fsp3) is 0.467. The highest BCUT2D eigenvalue weighted by molar-refractivity contribution is 7.14. The van der Waals surface area contributed by atoms with Crippen LogP contribution >= 0.6 is 11.3 Å². The number of ketones is 1. The summed E-state index contributed by atoms with van der Waals surface area (Å²) in [6.45, 7) is 2.90. The van der Waals surface area contributed by atoms with Crippen molar-refractivity contribution in [2.45, 2.75) is 45.6 Å². The van der Waals surface area contributed by atoms with Crippen molar-refractivity contribution in [1.29, 1.82) is 0 Å². The average molecular weight is 274 g/mol. The molecule has 0 aromatic carbocycles. The van der Waals surface area contributed by atoms with Gasteiger partial charge in [0.25, 0.3) is 0 Å². The molecule has 0 unspecified atom stereocenters. The van der Waals surface area contributed by atoms with Crippen LogP contribution in [0.2, 0.25) is 0 Å². The van der Waals surface area contributed by atoms with Gasteiger partial charge in [-0.15, -0.1) is 11.3 Å². The molecule has 0 radical (unpaired) electrons. The second-order valence-electron chi connectivity index (χ2n) is 5.07. The van der Waals surface area contributed by atoms with Crippen LogP contribution in [0.15, 0.2) is 18.5 Å². The molecule has 4 heteroatoms. The van der Waals surface area contributed by atoms with Crippen LogP contribution in [-0.4, -0.2) is 15.6 Å². The van der Waals surface area contributed by atoms with Crippen LogP contribution in [-0.2, 0) is 25.8 Å². The van der Waals surface area contributed by atoms with E-state index in [1.807, 2.05) is 17.8 Å². The van der Waals surface area contributed by atoms with E-state index in [0.717, 1.165) is 29.8 Å². The van der Waals surface area contributed by atoms with E-state index >= 15 is 0 Å². The smallest absolute Gasteiger partial charge is 0.177 e. The number of carbonyl (C=O) groups excluding carboxylic acids is 1. The Bertz CT molecular complexity index is 574. The van der Waals surface area contributed by atoms with Gasteiger partial charge in [0.1, 0.15) is 0 Å². The molecule has 0 spiro atoms. The highest BCUT2D eigenvalue weighted by atomic mass is 32.1. The predicted molar refractivity (Wildman–Crippen MR) is 76.9 cm³/mol. The van der Waals surface area contributed by atoms with Gasteiger partial charge in [0.05, 0.1) is 11.1 Å². The SMILES string of the molecule is CCn1cc(CC(=O)c2cc3c(s2)CCCC3)cn1. The second-order valence-corrected chi connectivity index (χ2v) is 6.21. The Morgan fingerprint density at radius 2 is 2.26 bits per heavy atom. The molecule has 0 fully saturated rings. The summed E-state index contributed by atoms with van der Waals surface area (Å²) in [4.78, 5) is 14.7. The fourth-order valence-electron chi connectivity index (χ4n) is 2.57. The number of nitrogens with zero attached hydrogens (tertiary/aromatic N) is 2. The number of carbonyl (C=O) groups is 1. The zero-order chi connectivity index (χ0) is 13.2. The van der Waals surface area contributed by atoms with Gasteiger partial charge in [-0.1, -0.05) is 0 Å². The molecule has 0 saturated carbocycles. The number of aryl methyl sites for hydroxylation is 3. The molecule has 2 heterocycles. The van der Waals surface area contributed by atoms with Gasteiger partial charge >= 0.3 is 0 Å². The lowest BCUT2D eigenvalue weighted by atomic mass is 9.99. The van der Waals surface area contributed by atoms with E-state index in [1.165, 1.54) is 23.3 Å². The van der Waals surface area contributed by atoms with Crippen molar-refractivity contribution in [3.8, 4) is 0 Å². The summed E-state index contributed by atoms with van der Waals surface area (Å²) in [6, 6.07) is 2.12. The van der Waals surface area contributed by atoms with E-state index in [9.17, 15) is 4.79 Å². The van der Waals surface area contributed by atoms with Crippen LogP contribution in [0.25, 0.3) is 0 Å². The maximum absolute atomic E-state index is 12.3. The first kappa shape index (κ1) is 12.6. The highest BCUT2D eigenvalue weighted by Gasteiger charge is 2.17. The molecule has 2 aromatic rings. The molecule has 100 valence electrons. The molecule has 2 aromatic heterocycles. The molecule has 0 atom stereocenters. The normalized spacial score (nSPS) is 14.4. The molecule has 0 bridgehead atoms. The molecule has 19 heavy (non-hydrogen) atoms. The number of fused-ring (bicyclic) bond motifs is 1. The molecule has 0 amide bonds. The maximum Gasteiger partial charge on any atom is 0.177 e. The van der Waals surface area contributed by atoms with Crippen molar-refractivity contribution in [3.63, 3.8) is 0 Å². The van der Waals surface area contributed by atoms with E-state index in [1.54, 1.807) is 17.5 Å². The topological polar surface area (TPSA) is 34.9 Å². The minimum Gasteiger partial charge on any atom is -0.293 e. The van der Waals surface area contributed by atoms with Crippen LogP contribution in [0.5, 0.6) is 0 Å². The fourth-order valence-corrected chi connectivity index (χ4v) is 3.76. The number of Topliss-reactive ketones (excluding diaryl/α,β-unsaturated/α-hetero) is 1. The van der Waals surface area contributed by atoms with E-state index in [4.69, 9.17) is 0 Å². The van der Waals surface area contributed by atoms with Crippen LogP contribution < -0.4 is 0 Å². The maximum atomic E-state index is 12.3. The van der Waals surface area contributed by atoms with Crippen LogP contribution in [0, 0.1) is 0 Å².